The van der Waals surface area contributed by atoms with Crippen LogP contribution in [0.2, 0.25) is 0 Å². The lowest BCUT2D eigenvalue weighted by Crippen LogP contribution is -2.06. The average Bonchev–Trinajstić information content (AvgIpc) is 3.35. The summed E-state index contributed by atoms with van der Waals surface area (Å²) in [4.78, 5) is 8.61. The predicted molar refractivity (Wildman–Crippen MR) is 122 cm³/mol. The van der Waals surface area contributed by atoms with E-state index in [4.69, 9.17) is 8.60 Å². The molecule has 0 bridgehead atoms. The zero-order valence-corrected chi connectivity index (χ0v) is 18.6. The summed E-state index contributed by atoms with van der Waals surface area (Å²) in [6.45, 7) is 3.69. The molecule has 0 aliphatic heterocycles. The van der Waals surface area contributed by atoms with Gasteiger partial charge in [0.25, 0.3) is 10.1 Å². The highest BCUT2D eigenvalue weighted by Gasteiger charge is 2.17. The minimum Gasteiger partial charge on any atom is -0.438 e. The van der Waals surface area contributed by atoms with Crippen molar-refractivity contribution in [3.63, 3.8) is 0 Å². The largest absolute Gasteiger partial charge is 0.438 e. The Morgan fingerprint density at radius 1 is 0.871 bits per heavy atom. The predicted octanol–water partition coefficient (Wildman–Crippen LogP) is 5.65. The fourth-order valence-corrected chi connectivity index (χ4v) is 4.56. The van der Waals surface area contributed by atoms with Crippen molar-refractivity contribution in [1.29, 1.82) is 0 Å². The van der Waals surface area contributed by atoms with Gasteiger partial charge in [0, 0.05) is 0 Å². The molecule has 2 aromatic heterocycles. The van der Waals surface area contributed by atoms with E-state index in [1.807, 2.05) is 44.2 Å². The van der Waals surface area contributed by atoms with Crippen molar-refractivity contribution in [2.45, 2.75) is 25.3 Å². The summed E-state index contributed by atoms with van der Waals surface area (Å²) in [5.74, 6) is 0.229. The van der Waals surface area contributed by atoms with Crippen LogP contribution in [0.15, 0.2) is 82.1 Å². The molecule has 0 aliphatic carbocycles. The summed E-state index contributed by atoms with van der Waals surface area (Å²) < 4.78 is 35.8. The minimum absolute atomic E-state index is 0.115. The van der Waals surface area contributed by atoms with E-state index in [2.05, 4.69) is 16.0 Å². The first-order chi connectivity index (χ1) is 14.9. The molecule has 5 rings (SSSR count). The SMILES string of the molecule is Cc1ccc(S(=O)(=O)OCc2nc3ccccc3o2)cc1.Cc1nc2ccccc2s1. The normalized spacial score (nSPS) is 11.4. The first kappa shape index (κ1) is 21.2. The molecule has 0 spiro atoms. The van der Waals surface area contributed by atoms with Gasteiger partial charge in [0.2, 0.25) is 5.89 Å². The Hall–Kier alpha value is -3.07. The lowest BCUT2D eigenvalue weighted by Gasteiger charge is -2.03. The maximum atomic E-state index is 12.0. The van der Waals surface area contributed by atoms with Crippen molar-refractivity contribution < 1.29 is 17.0 Å². The number of fused-ring (bicyclic) bond motifs is 2. The fraction of sp³-hybridized carbons (Fsp3) is 0.130. The van der Waals surface area contributed by atoms with E-state index in [1.165, 1.54) is 16.8 Å². The van der Waals surface area contributed by atoms with E-state index in [0.29, 0.717) is 11.1 Å². The molecule has 0 unspecified atom stereocenters. The van der Waals surface area contributed by atoms with Crippen molar-refractivity contribution in [3.8, 4) is 0 Å². The molecule has 0 fully saturated rings. The highest BCUT2D eigenvalue weighted by Crippen LogP contribution is 2.20. The first-order valence-electron chi connectivity index (χ1n) is 9.53. The Morgan fingerprint density at radius 2 is 1.55 bits per heavy atom. The van der Waals surface area contributed by atoms with E-state index < -0.39 is 10.1 Å². The monoisotopic (exact) mass is 452 g/mol. The zero-order valence-electron chi connectivity index (χ0n) is 17.0. The molecule has 0 N–H and O–H groups in total. The summed E-state index contributed by atoms with van der Waals surface area (Å²) in [5, 5.41) is 1.14. The zero-order chi connectivity index (χ0) is 21.8. The summed E-state index contributed by atoms with van der Waals surface area (Å²) in [6, 6.07) is 21.9. The Balaban J connectivity index is 0.000000192. The van der Waals surface area contributed by atoms with Gasteiger partial charge in [-0.05, 0) is 50.2 Å². The summed E-state index contributed by atoms with van der Waals surface area (Å²) >= 11 is 1.74. The molecule has 0 saturated heterocycles. The second-order valence-corrected chi connectivity index (χ2v) is 9.66. The van der Waals surface area contributed by atoms with Gasteiger partial charge in [-0.3, -0.25) is 4.18 Å². The molecular weight excluding hydrogens is 432 g/mol. The fourth-order valence-electron chi connectivity index (χ4n) is 2.87. The maximum absolute atomic E-state index is 12.0. The van der Waals surface area contributed by atoms with E-state index in [-0.39, 0.29) is 17.4 Å². The van der Waals surface area contributed by atoms with Crippen LogP contribution < -0.4 is 0 Å². The third-order valence-electron chi connectivity index (χ3n) is 4.39. The van der Waals surface area contributed by atoms with Crippen molar-refractivity contribution >= 4 is 42.8 Å². The number of oxazole rings is 1. The van der Waals surface area contributed by atoms with Crippen LogP contribution in [0.4, 0.5) is 0 Å². The van der Waals surface area contributed by atoms with Crippen LogP contribution in [0.3, 0.4) is 0 Å². The molecule has 0 amide bonds. The topological polar surface area (TPSA) is 82.3 Å². The molecule has 0 saturated carbocycles. The van der Waals surface area contributed by atoms with Crippen LogP contribution in [-0.2, 0) is 20.9 Å². The van der Waals surface area contributed by atoms with Gasteiger partial charge < -0.3 is 4.42 Å². The number of hydrogen-bond acceptors (Lipinski definition) is 7. The number of thiazole rings is 1. The van der Waals surface area contributed by atoms with Crippen LogP contribution in [0, 0.1) is 13.8 Å². The van der Waals surface area contributed by atoms with Gasteiger partial charge in [-0.25, -0.2) is 9.97 Å². The molecule has 158 valence electrons. The van der Waals surface area contributed by atoms with E-state index in [0.717, 1.165) is 16.1 Å². The first-order valence-corrected chi connectivity index (χ1v) is 11.8. The number of aromatic nitrogens is 2. The van der Waals surface area contributed by atoms with Gasteiger partial charge >= 0.3 is 0 Å². The molecule has 2 heterocycles. The second kappa shape index (κ2) is 8.97. The highest BCUT2D eigenvalue weighted by atomic mass is 32.2. The molecule has 0 atom stereocenters. The number of hydrogen-bond donors (Lipinski definition) is 0. The standard InChI is InChI=1S/C15H13NO4S.C8H7NS/c1-11-6-8-12(9-7-11)21(17,18)19-10-15-16-13-4-2-3-5-14(13)20-15;1-6-9-7-4-2-3-5-8(7)10-6/h2-9H,10H2,1H3;2-5H,1H3. The third kappa shape index (κ3) is 5.16. The van der Waals surface area contributed by atoms with Crippen molar-refractivity contribution in [3.05, 3.63) is 89.3 Å². The van der Waals surface area contributed by atoms with E-state index >= 15 is 0 Å². The molecule has 6 nitrogen and oxygen atoms in total. The molecular formula is C23H20N2O4S2. The Bertz CT molecular complexity index is 1360. The van der Waals surface area contributed by atoms with Gasteiger partial charge in [-0.2, -0.15) is 8.42 Å². The highest BCUT2D eigenvalue weighted by molar-refractivity contribution is 7.86. The molecule has 5 aromatic rings. The average molecular weight is 453 g/mol. The van der Waals surface area contributed by atoms with Gasteiger partial charge in [0.1, 0.15) is 12.1 Å². The second-order valence-electron chi connectivity index (χ2n) is 6.81. The Kier molecular flexibility index (Phi) is 6.13. The molecule has 8 heteroatoms. The van der Waals surface area contributed by atoms with Gasteiger partial charge in [-0.15, -0.1) is 11.3 Å². The number of nitrogens with zero attached hydrogens (tertiary/aromatic N) is 2. The van der Waals surface area contributed by atoms with Crippen LogP contribution >= 0.6 is 11.3 Å². The summed E-state index contributed by atoms with van der Waals surface area (Å²) in [7, 11) is -3.81. The van der Waals surface area contributed by atoms with Crippen molar-refractivity contribution in [1.82, 2.24) is 9.97 Å². The number of aryl methyl sites for hydroxylation is 2. The van der Waals surface area contributed by atoms with Crippen LogP contribution in [0.1, 0.15) is 16.5 Å². The lowest BCUT2D eigenvalue weighted by atomic mass is 10.2. The van der Waals surface area contributed by atoms with E-state index in [9.17, 15) is 8.42 Å². The van der Waals surface area contributed by atoms with Crippen LogP contribution in [0.5, 0.6) is 0 Å². The maximum Gasteiger partial charge on any atom is 0.297 e. The Morgan fingerprint density at radius 3 is 2.26 bits per heavy atom. The molecule has 0 aliphatic rings. The number of benzene rings is 3. The van der Waals surface area contributed by atoms with Crippen molar-refractivity contribution in [2.75, 3.05) is 0 Å². The van der Waals surface area contributed by atoms with Crippen LogP contribution in [0.25, 0.3) is 21.3 Å². The van der Waals surface area contributed by atoms with Gasteiger partial charge in [-0.1, -0.05) is 42.0 Å². The summed E-state index contributed by atoms with van der Waals surface area (Å²) in [5.41, 5.74) is 3.37. The quantitative estimate of drug-likeness (QED) is 0.328. The summed E-state index contributed by atoms with van der Waals surface area (Å²) in [6.07, 6.45) is 0. The third-order valence-corrected chi connectivity index (χ3v) is 6.62. The van der Waals surface area contributed by atoms with Crippen molar-refractivity contribution in [2.24, 2.45) is 0 Å². The number of para-hydroxylation sites is 3. The van der Waals surface area contributed by atoms with Gasteiger partial charge in [0.15, 0.2) is 5.58 Å². The Labute approximate surface area is 184 Å². The van der Waals surface area contributed by atoms with Crippen LogP contribution in [-0.4, -0.2) is 18.4 Å². The molecule has 31 heavy (non-hydrogen) atoms. The minimum atomic E-state index is -3.81. The lowest BCUT2D eigenvalue weighted by molar-refractivity contribution is 0.271. The van der Waals surface area contributed by atoms with Gasteiger partial charge in [0.05, 0.1) is 20.1 Å². The van der Waals surface area contributed by atoms with E-state index in [1.54, 1.807) is 35.6 Å². The smallest absolute Gasteiger partial charge is 0.297 e. The molecule has 3 aromatic carbocycles. The molecule has 0 radical (unpaired) electrons. The number of rotatable bonds is 4.